The molecule has 0 unspecified atom stereocenters. The van der Waals surface area contributed by atoms with Crippen molar-refractivity contribution < 1.29 is 5.11 Å². The summed E-state index contributed by atoms with van der Waals surface area (Å²) in [6, 6.07) is 0. The first-order valence-corrected chi connectivity index (χ1v) is 7.43. The minimum absolute atomic E-state index is 0.379. The van der Waals surface area contributed by atoms with E-state index in [0.29, 0.717) is 12.5 Å². The summed E-state index contributed by atoms with van der Waals surface area (Å²) in [4.78, 5) is 2.57. The molecule has 1 N–H and O–H groups in total. The SMILES string of the molecule is CCC[C@H](CO)CCCN1CCSCC1. The van der Waals surface area contributed by atoms with Crippen LogP contribution < -0.4 is 0 Å². The second-order valence-electron chi connectivity index (χ2n) is 4.43. The zero-order chi connectivity index (χ0) is 10.9. The van der Waals surface area contributed by atoms with Gasteiger partial charge in [-0.1, -0.05) is 13.3 Å². The Balaban J connectivity index is 2.03. The molecule has 15 heavy (non-hydrogen) atoms. The molecule has 3 heteroatoms. The van der Waals surface area contributed by atoms with E-state index in [4.69, 9.17) is 0 Å². The lowest BCUT2D eigenvalue weighted by Gasteiger charge is -2.26. The third-order valence-electron chi connectivity index (χ3n) is 3.15. The number of aliphatic hydroxyl groups excluding tert-OH is 1. The molecule has 1 fully saturated rings. The molecule has 2 nitrogen and oxygen atoms in total. The monoisotopic (exact) mass is 231 g/mol. The Morgan fingerprint density at radius 1 is 1.27 bits per heavy atom. The number of aliphatic hydroxyl groups is 1. The molecule has 1 atom stereocenters. The minimum Gasteiger partial charge on any atom is -0.396 e. The normalized spacial score (nSPS) is 20.4. The highest BCUT2D eigenvalue weighted by atomic mass is 32.2. The topological polar surface area (TPSA) is 23.5 Å². The molecule has 0 aromatic rings. The summed E-state index contributed by atoms with van der Waals surface area (Å²) in [7, 11) is 0. The molecule has 0 bridgehead atoms. The fraction of sp³-hybridized carbons (Fsp3) is 1.00. The Hall–Kier alpha value is 0.270. The van der Waals surface area contributed by atoms with Crippen molar-refractivity contribution in [1.29, 1.82) is 0 Å². The molecule has 0 saturated carbocycles. The van der Waals surface area contributed by atoms with Crippen LogP contribution in [0.15, 0.2) is 0 Å². The molecule has 90 valence electrons. The van der Waals surface area contributed by atoms with E-state index in [-0.39, 0.29) is 0 Å². The largest absolute Gasteiger partial charge is 0.396 e. The summed E-state index contributed by atoms with van der Waals surface area (Å²) in [6.07, 6.45) is 4.85. The minimum atomic E-state index is 0.379. The third kappa shape index (κ3) is 5.79. The zero-order valence-corrected chi connectivity index (χ0v) is 10.8. The van der Waals surface area contributed by atoms with E-state index in [9.17, 15) is 5.11 Å². The van der Waals surface area contributed by atoms with Crippen LogP contribution in [-0.2, 0) is 0 Å². The van der Waals surface area contributed by atoms with Crippen molar-refractivity contribution in [3.8, 4) is 0 Å². The molecule has 1 saturated heterocycles. The molecular formula is C12H25NOS. The smallest absolute Gasteiger partial charge is 0.0459 e. The number of thioether (sulfide) groups is 1. The average Bonchev–Trinajstić information content (AvgIpc) is 2.29. The fourth-order valence-corrected chi connectivity index (χ4v) is 3.14. The van der Waals surface area contributed by atoms with Gasteiger partial charge in [0, 0.05) is 31.2 Å². The van der Waals surface area contributed by atoms with Gasteiger partial charge in [0.2, 0.25) is 0 Å². The third-order valence-corrected chi connectivity index (χ3v) is 4.09. The lowest BCUT2D eigenvalue weighted by atomic mass is 9.99. The lowest BCUT2D eigenvalue weighted by Crippen LogP contribution is -2.33. The van der Waals surface area contributed by atoms with Crippen LogP contribution in [0.3, 0.4) is 0 Å². The summed E-state index contributed by atoms with van der Waals surface area (Å²) in [6.45, 7) is 6.35. The van der Waals surface area contributed by atoms with Crippen LogP contribution >= 0.6 is 11.8 Å². The molecule has 0 aromatic carbocycles. The van der Waals surface area contributed by atoms with Gasteiger partial charge in [0.15, 0.2) is 0 Å². The Kier molecular flexibility index (Phi) is 7.49. The Morgan fingerprint density at radius 3 is 2.60 bits per heavy atom. The summed E-state index contributed by atoms with van der Waals surface area (Å²) in [5.74, 6) is 3.16. The second kappa shape index (κ2) is 8.43. The highest BCUT2D eigenvalue weighted by Crippen LogP contribution is 2.14. The van der Waals surface area contributed by atoms with Crippen LogP contribution in [0, 0.1) is 5.92 Å². The van der Waals surface area contributed by atoms with Crippen molar-refractivity contribution >= 4 is 11.8 Å². The quantitative estimate of drug-likeness (QED) is 0.727. The van der Waals surface area contributed by atoms with Crippen LogP contribution in [0.1, 0.15) is 32.6 Å². The lowest BCUT2D eigenvalue weighted by molar-refractivity contribution is 0.199. The van der Waals surface area contributed by atoms with Crippen LogP contribution in [0.4, 0.5) is 0 Å². The van der Waals surface area contributed by atoms with Crippen molar-refractivity contribution in [1.82, 2.24) is 4.90 Å². The Bertz CT molecular complexity index is 144. The molecule has 1 aliphatic rings. The van der Waals surface area contributed by atoms with Gasteiger partial charge < -0.3 is 10.0 Å². The first-order chi connectivity index (χ1) is 7.36. The van der Waals surface area contributed by atoms with Crippen molar-refractivity contribution in [2.24, 2.45) is 5.92 Å². The van der Waals surface area contributed by atoms with E-state index in [0.717, 1.165) is 0 Å². The van der Waals surface area contributed by atoms with Gasteiger partial charge in [0.05, 0.1) is 0 Å². The van der Waals surface area contributed by atoms with Crippen LogP contribution in [-0.4, -0.2) is 47.8 Å². The molecule has 1 aliphatic heterocycles. The van der Waals surface area contributed by atoms with Gasteiger partial charge in [-0.2, -0.15) is 11.8 Å². The van der Waals surface area contributed by atoms with Gasteiger partial charge in [-0.15, -0.1) is 0 Å². The van der Waals surface area contributed by atoms with E-state index >= 15 is 0 Å². The predicted molar refractivity (Wildman–Crippen MR) is 68.5 cm³/mol. The van der Waals surface area contributed by atoms with Gasteiger partial charge >= 0.3 is 0 Å². The molecular weight excluding hydrogens is 206 g/mol. The van der Waals surface area contributed by atoms with Crippen molar-refractivity contribution in [2.75, 3.05) is 37.7 Å². The predicted octanol–water partition coefficient (Wildman–Crippen LogP) is 2.22. The van der Waals surface area contributed by atoms with Gasteiger partial charge in [-0.25, -0.2) is 0 Å². The maximum atomic E-state index is 9.18. The number of hydrogen-bond donors (Lipinski definition) is 1. The van der Waals surface area contributed by atoms with Gasteiger partial charge in [-0.05, 0) is 31.7 Å². The van der Waals surface area contributed by atoms with Crippen LogP contribution in [0.25, 0.3) is 0 Å². The molecule has 0 spiro atoms. The zero-order valence-electron chi connectivity index (χ0n) is 9.95. The molecule has 0 aromatic heterocycles. The molecule has 0 aliphatic carbocycles. The van der Waals surface area contributed by atoms with E-state index in [1.165, 1.54) is 56.8 Å². The van der Waals surface area contributed by atoms with E-state index in [1.54, 1.807) is 0 Å². The summed E-state index contributed by atoms with van der Waals surface area (Å²) >= 11 is 2.07. The first-order valence-electron chi connectivity index (χ1n) is 6.27. The number of rotatable bonds is 7. The van der Waals surface area contributed by atoms with E-state index < -0.39 is 0 Å². The first kappa shape index (κ1) is 13.3. The van der Waals surface area contributed by atoms with Crippen LogP contribution in [0.2, 0.25) is 0 Å². The highest BCUT2D eigenvalue weighted by molar-refractivity contribution is 7.99. The highest BCUT2D eigenvalue weighted by Gasteiger charge is 2.11. The maximum Gasteiger partial charge on any atom is 0.0459 e. The maximum absolute atomic E-state index is 9.18. The average molecular weight is 231 g/mol. The van der Waals surface area contributed by atoms with Gasteiger partial charge in [0.25, 0.3) is 0 Å². The molecule has 1 rings (SSSR count). The summed E-state index contributed by atoms with van der Waals surface area (Å²) in [5, 5.41) is 9.18. The van der Waals surface area contributed by atoms with Crippen molar-refractivity contribution in [3.05, 3.63) is 0 Å². The Labute approximate surface area is 98.4 Å². The van der Waals surface area contributed by atoms with Crippen LogP contribution in [0.5, 0.6) is 0 Å². The standard InChI is InChI=1S/C12H25NOS/c1-2-4-12(11-14)5-3-6-13-7-9-15-10-8-13/h12,14H,2-11H2,1H3/t12-/m0/s1. The number of nitrogens with zero attached hydrogens (tertiary/aromatic N) is 1. The van der Waals surface area contributed by atoms with Gasteiger partial charge in [0.1, 0.15) is 0 Å². The summed E-state index contributed by atoms with van der Waals surface area (Å²) in [5.41, 5.74) is 0. The Morgan fingerprint density at radius 2 is 2.00 bits per heavy atom. The number of hydrogen-bond acceptors (Lipinski definition) is 3. The molecule has 1 heterocycles. The van der Waals surface area contributed by atoms with E-state index in [2.05, 4.69) is 23.6 Å². The van der Waals surface area contributed by atoms with E-state index in [1.807, 2.05) is 0 Å². The molecule has 0 amide bonds. The van der Waals surface area contributed by atoms with Crippen molar-refractivity contribution in [2.45, 2.75) is 32.6 Å². The summed E-state index contributed by atoms with van der Waals surface area (Å²) < 4.78 is 0. The second-order valence-corrected chi connectivity index (χ2v) is 5.66. The molecule has 0 radical (unpaired) electrons. The van der Waals surface area contributed by atoms with Crippen molar-refractivity contribution in [3.63, 3.8) is 0 Å². The van der Waals surface area contributed by atoms with Gasteiger partial charge in [-0.3, -0.25) is 0 Å². The fourth-order valence-electron chi connectivity index (χ4n) is 2.16.